The number of carbonyl (C=O) groups is 1. The van der Waals surface area contributed by atoms with E-state index in [1.54, 1.807) is 6.92 Å². The minimum Gasteiger partial charge on any atom is -0.350 e. The van der Waals surface area contributed by atoms with Crippen molar-refractivity contribution < 1.29 is 18.0 Å². The van der Waals surface area contributed by atoms with E-state index in [1.165, 1.54) is 0 Å². The largest absolute Gasteiger partial charge is 0.425 e. The van der Waals surface area contributed by atoms with E-state index in [2.05, 4.69) is 5.32 Å². The zero-order valence-corrected chi connectivity index (χ0v) is 9.89. The topological polar surface area (TPSA) is 29.1 Å². The molecule has 0 atom stereocenters. The summed E-state index contributed by atoms with van der Waals surface area (Å²) in [6, 6.07) is 1.08. The molecule has 0 aliphatic carbocycles. The van der Waals surface area contributed by atoms with Crippen molar-refractivity contribution in [2.24, 2.45) is 0 Å². The van der Waals surface area contributed by atoms with Crippen LogP contribution in [-0.4, -0.2) is 11.8 Å². The number of alkyl halides is 4. The molecular formula is C9H9ClF3NOS. The van der Waals surface area contributed by atoms with E-state index in [4.69, 9.17) is 11.6 Å². The number of nitrogens with one attached hydrogen (secondary N) is 1. The average molecular weight is 272 g/mol. The van der Waals surface area contributed by atoms with Crippen LogP contribution < -0.4 is 5.32 Å². The molecule has 16 heavy (non-hydrogen) atoms. The Bertz CT molecular complexity index is 389. The molecule has 0 unspecified atom stereocenters. The first-order valence-electron chi connectivity index (χ1n) is 4.33. The van der Waals surface area contributed by atoms with E-state index >= 15 is 0 Å². The van der Waals surface area contributed by atoms with Crippen LogP contribution in [-0.2, 0) is 17.5 Å². The first-order valence-corrected chi connectivity index (χ1v) is 5.69. The molecule has 0 aliphatic heterocycles. The standard InChI is InChI=1S/C9H9ClF3NOS/c1-5-2-7(9(11,12)13)16-6(5)4-14-8(15)3-10/h2H,3-4H2,1H3,(H,14,15). The summed E-state index contributed by atoms with van der Waals surface area (Å²) in [4.78, 5) is 10.7. The molecule has 0 aromatic carbocycles. The smallest absolute Gasteiger partial charge is 0.350 e. The molecule has 1 heterocycles. The van der Waals surface area contributed by atoms with Gasteiger partial charge in [0.1, 0.15) is 10.8 Å². The molecule has 0 bridgehead atoms. The molecule has 1 aromatic rings. The van der Waals surface area contributed by atoms with Crippen LogP contribution in [0.3, 0.4) is 0 Å². The van der Waals surface area contributed by atoms with Crippen LogP contribution in [0.1, 0.15) is 15.3 Å². The number of carbonyl (C=O) groups excluding carboxylic acids is 1. The van der Waals surface area contributed by atoms with E-state index in [1.807, 2.05) is 0 Å². The summed E-state index contributed by atoms with van der Waals surface area (Å²) in [6.45, 7) is 1.66. The Morgan fingerprint density at radius 3 is 2.62 bits per heavy atom. The normalized spacial score (nSPS) is 11.6. The number of amides is 1. The van der Waals surface area contributed by atoms with Crippen molar-refractivity contribution in [2.75, 3.05) is 5.88 Å². The van der Waals surface area contributed by atoms with Crippen molar-refractivity contribution in [1.82, 2.24) is 5.32 Å². The van der Waals surface area contributed by atoms with Gasteiger partial charge in [0.05, 0.1) is 6.54 Å². The van der Waals surface area contributed by atoms with Gasteiger partial charge in [-0.05, 0) is 18.6 Å². The second-order valence-corrected chi connectivity index (χ2v) is 4.53. The van der Waals surface area contributed by atoms with E-state index in [0.29, 0.717) is 21.8 Å². The lowest BCUT2D eigenvalue weighted by molar-refractivity contribution is -0.134. The van der Waals surface area contributed by atoms with Crippen LogP contribution in [0.15, 0.2) is 6.07 Å². The maximum absolute atomic E-state index is 12.3. The van der Waals surface area contributed by atoms with Gasteiger partial charge in [0, 0.05) is 4.88 Å². The van der Waals surface area contributed by atoms with Gasteiger partial charge in [-0.15, -0.1) is 22.9 Å². The lowest BCUT2D eigenvalue weighted by Crippen LogP contribution is -2.23. The highest BCUT2D eigenvalue weighted by atomic mass is 35.5. The summed E-state index contributed by atoms with van der Waals surface area (Å²) in [7, 11) is 0. The predicted molar refractivity (Wildman–Crippen MR) is 56.6 cm³/mol. The molecule has 1 N–H and O–H groups in total. The van der Waals surface area contributed by atoms with Crippen LogP contribution in [0.2, 0.25) is 0 Å². The van der Waals surface area contributed by atoms with Crippen LogP contribution in [0.4, 0.5) is 13.2 Å². The Morgan fingerprint density at radius 2 is 2.19 bits per heavy atom. The van der Waals surface area contributed by atoms with Crippen molar-refractivity contribution in [2.45, 2.75) is 19.6 Å². The molecule has 7 heteroatoms. The predicted octanol–water partition coefficient (Wildman–Crippen LogP) is 2.93. The SMILES string of the molecule is Cc1cc(C(F)(F)F)sc1CNC(=O)CCl. The highest BCUT2D eigenvalue weighted by Gasteiger charge is 2.33. The average Bonchev–Trinajstić information content (AvgIpc) is 2.56. The number of hydrogen-bond acceptors (Lipinski definition) is 2. The van der Waals surface area contributed by atoms with Gasteiger partial charge in [-0.2, -0.15) is 13.2 Å². The fraction of sp³-hybridized carbons (Fsp3) is 0.444. The van der Waals surface area contributed by atoms with Crippen molar-refractivity contribution in [3.8, 4) is 0 Å². The number of aryl methyl sites for hydroxylation is 1. The summed E-state index contributed by atoms with van der Waals surface area (Å²) < 4.78 is 37.0. The molecular weight excluding hydrogens is 263 g/mol. The first kappa shape index (κ1) is 13.3. The van der Waals surface area contributed by atoms with Crippen molar-refractivity contribution in [3.63, 3.8) is 0 Å². The molecule has 1 rings (SSSR count). The van der Waals surface area contributed by atoms with E-state index in [-0.39, 0.29) is 12.4 Å². The van der Waals surface area contributed by atoms with Gasteiger partial charge in [-0.1, -0.05) is 0 Å². The highest BCUT2D eigenvalue weighted by molar-refractivity contribution is 7.12. The molecule has 90 valence electrons. The number of rotatable bonds is 3. The van der Waals surface area contributed by atoms with E-state index in [9.17, 15) is 18.0 Å². The summed E-state index contributed by atoms with van der Waals surface area (Å²) in [5, 5.41) is 2.43. The van der Waals surface area contributed by atoms with Crippen molar-refractivity contribution in [1.29, 1.82) is 0 Å². The molecule has 0 fully saturated rings. The van der Waals surface area contributed by atoms with Crippen LogP contribution in [0.5, 0.6) is 0 Å². The molecule has 2 nitrogen and oxygen atoms in total. The van der Waals surface area contributed by atoms with Gasteiger partial charge >= 0.3 is 6.18 Å². The highest BCUT2D eigenvalue weighted by Crippen LogP contribution is 2.36. The molecule has 0 aliphatic rings. The van der Waals surface area contributed by atoms with Gasteiger partial charge in [-0.3, -0.25) is 4.79 Å². The lowest BCUT2D eigenvalue weighted by Gasteiger charge is -2.02. The zero-order chi connectivity index (χ0) is 12.3. The van der Waals surface area contributed by atoms with Crippen molar-refractivity contribution in [3.05, 3.63) is 21.4 Å². The third-order valence-electron chi connectivity index (χ3n) is 1.87. The van der Waals surface area contributed by atoms with Gasteiger partial charge in [0.2, 0.25) is 5.91 Å². The Hall–Kier alpha value is -0.750. The van der Waals surface area contributed by atoms with Crippen LogP contribution >= 0.6 is 22.9 Å². The van der Waals surface area contributed by atoms with Gasteiger partial charge in [0.25, 0.3) is 0 Å². The molecule has 0 saturated heterocycles. The number of hydrogen-bond donors (Lipinski definition) is 1. The summed E-state index contributed by atoms with van der Waals surface area (Å²) in [5.41, 5.74) is 0.521. The molecule has 1 aromatic heterocycles. The second kappa shape index (κ2) is 5.05. The minimum atomic E-state index is -4.33. The summed E-state index contributed by atoms with van der Waals surface area (Å²) in [6.07, 6.45) is -4.33. The quantitative estimate of drug-likeness (QED) is 0.842. The Labute approximate surface area is 99.4 Å². The lowest BCUT2D eigenvalue weighted by atomic mass is 10.2. The Morgan fingerprint density at radius 1 is 1.56 bits per heavy atom. The Kier molecular flexibility index (Phi) is 4.21. The molecule has 0 spiro atoms. The summed E-state index contributed by atoms with van der Waals surface area (Å²) in [5.74, 6) is -0.598. The third kappa shape index (κ3) is 3.38. The fourth-order valence-corrected chi connectivity index (χ4v) is 2.14. The maximum atomic E-state index is 12.3. The third-order valence-corrected chi connectivity index (χ3v) is 3.39. The fourth-order valence-electron chi connectivity index (χ4n) is 1.06. The van der Waals surface area contributed by atoms with Crippen molar-refractivity contribution >= 4 is 28.8 Å². The molecule has 0 radical (unpaired) electrons. The van der Waals surface area contributed by atoms with E-state index < -0.39 is 17.0 Å². The summed E-state index contributed by atoms with van der Waals surface area (Å²) >= 11 is 5.88. The first-order chi connectivity index (χ1) is 7.34. The maximum Gasteiger partial charge on any atom is 0.425 e. The van der Waals surface area contributed by atoms with Crippen LogP contribution in [0.25, 0.3) is 0 Å². The minimum absolute atomic E-state index is 0.0815. The van der Waals surface area contributed by atoms with Gasteiger partial charge in [0.15, 0.2) is 0 Å². The molecule has 1 amide bonds. The number of thiophene rings is 1. The number of halogens is 4. The Balaban J connectivity index is 2.75. The molecule has 0 saturated carbocycles. The second-order valence-electron chi connectivity index (χ2n) is 3.12. The van der Waals surface area contributed by atoms with Gasteiger partial charge < -0.3 is 5.32 Å². The van der Waals surface area contributed by atoms with E-state index in [0.717, 1.165) is 6.07 Å². The van der Waals surface area contributed by atoms with Gasteiger partial charge in [-0.25, -0.2) is 0 Å². The van der Waals surface area contributed by atoms with Crippen LogP contribution in [0, 0.1) is 6.92 Å². The monoisotopic (exact) mass is 271 g/mol. The zero-order valence-electron chi connectivity index (χ0n) is 8.32.